The molecule has 0 fully saturated rings. The van der Waals surface area contributed by atoms with Gasteiger partial charge in [0.05, 0.1) is 12.8 Å². The van der Waals surface area contributed by atoms with Crippen LogP contribution in [-0.4, -0.2) is 17.9 Å². The summed E-state index contributed by atoms with van der Waals surface area (Å²) in [5.74, 6) is 0.856. The van der Waals surface area contributed by atoms with E-state index in [-0.39, 0.29) is 0 Å². The predicted octanol–water partition coefficient (Wildman–Crippen LogP) is 5.62. The summed E-state index contributed by atoms with van der Waals surface area (Å²) in [5, 5.41) is 0. The SMILES string of the molecule is COc1ccc(-n2cc(C=Nc3ccc(C)cc3Br)cc2C)cc1. The van der Waals surface area contributed by atoms with Gasteiger partial charge in [-0.1, -0.05) is 6.07 Å². The van der Waals surface area contributed by atoms with Crippen LogP contribution < -0.4 is 4.74 Å². The van der Waals surface area contributed by atoms with Gasteiger partial charge in [-0.15, -0.1) is 0 Å². The molecule has 0 unspecified atom stereocenters. The summed E-state index contributed by atoms with van der Waals surface area (Å²) in [7, 11) is 1.67. The molecule has 0 aliphatic carbocycles. The Hall–Kier alpha value is -2.33. The molecule has 2 aromatic carbocycles. The number of nitrogens with zero attached hydrogens (tertiary/aromatic N) is 2. The third-order valence-electron chi connectivity index (χ3n) is 3.84. The van der Waals surface area contributed by atoms with E-state index in [0.717, 1.165) is 32.9 Å². The van der Waals surface area contributed by atoms with Crippen molar-refractivity contribution in [1.82, 2.24) is 4.57 Å². The van der Waals surface area contributed by atoms with Crippen molar-refractivity contribution >= 4 is 27.8 Å². The quantitative estimate of drug-likeness (QED) is 0.538. The minimum Gasteiger partial charge on any atom is -0.497 e. The fourth-order valence-electron chi connectivity index (χ4n) is 2.55. The second-order valence-electron chi connectivity index (χ2n) is 5.70. The van der Waals surface area contributed by atoms with Crippen molar-refractivity contribution in [2.45, 2.75) is 13.8 Å². The number of hydrogen-bond acceptors (Lipinski definition) is 2. The van der Waals surface area contributed by atoms with Crippen LogP contribution >= 0.6 is 15.9 Å². The summed E-state index contributed by atoms with van der Waals surface area (Å²) in [6, 6.07) is 16.3. The lowest BCUT2D eigenvalue weighted by Crippen LogP contribution is -1.94. The van der Waals surface area contributed by atoms with Crippen LogP contribution in [0.1, 0.15) is 16.8 Å². The van der Waals surface area contributed by atoms with E-state index in [1.165, 1.54) is 5.56 Å². The molecule has 3 nitrogen and oxygen atoms in total. The van der Waals surface area contributed by atoms with Gasteiger partial charge in [0.25, 0.3) is 0 Å². The van der Waals surface area contributed by atoms with Gasteiger partial charge in [0.15, 0.2) is 0 Å². The number of aliphatic imine (C=N–C) groups is 1. The Balaban J connectivity index is 1.86. The van der Waals surface area contributed by atoms with Gasteiger partial charge in [-0.25, -0.2) is 0 Å². The third kappa shape index (κ3) is 3.60. The highest BCUT2D eigenvalue weighted by Gasteiger charge is 2.04. The van der Waals surface area contributed by atoms with E-state index >= 15 is 0 Å². The molecule has 3 rings (SSSR count). The number of rotatable bonds is 4. The predicted molar refractivity (Wildman–Crippen MR) is 103 cm³/mol. The molecule has 0 saturated heterocycles. The maximum absolute atomic E-state index is 5.21. The van der Waals surface area contributed by atoms with Gasteiger partial charge >= 0.3 is 0 Å². The van der Waals surface area contributed by atoms with Gasteiger partial charge < -0.3 is 9.30 Å². The highest BCUT2D eigenvalue weighted by atomic mass is 79.9. The fourth-order valence-corrected chi connectivity index (χ4v) is 3.15. The molecule has 3 aromatic rings. The Morgan fingerprint density at radius 1 is 1.04 bits per heavy atom. The Labute approximate surface area is 150 Å². The van der Waals surface area contributed by atoms with Crippen molar-refractivity contribution in [2.24, 2.45) is 4.99 Å². The van der Waals surface area contributed by atoms with E-state index in [1.807, 2.05) is 36.5 Å². The van der Waals surface area contributed by atoms with Crippen LogP contribution in [0.15, 0.2) is 64.2 Å². The molecular formula is C20H19BrN2O. The van der Waals surface area contributed by atoms with Crippen LogP contribution in [0.25, 0.3) is 5.69 Å². The molecule has 0 N–H and O–H groups in total. The summed E-state index contributed by atoms with van der Waals surface area (Å²) in [4.78, 5) is 4.59. The molecule has 24 heavy (non-hydrogen) atoms. The first-order valence-electron chi connectivity index (χ1n) is 7.70. The second kappa shape index (κ2) is 7.05. The monoisotopic (exact) mass is 382 g/mol. The number of ether oxygens (including phenoxy) is 1. The molecule has 0 radical (unpaired) electrons. The molecule has 0 aliphatic heterocycles. The molecule has 1 aromatic heterocycles. The molecule has 0 bridgehead atoms. The summed E-state index contributed by atoms with van der Waals surface area (Å²) in [6.07, 6.45) is 3.98. The Kier molecular flexibility index (Phi) is 4.86. The van der Waals surface area contributed by atoms with Crippen molar-refractivity contribution in [2.75, 3.05) is 7.11 Å². The van der Waals surface area contributed by atoms with Gasteiger partial charge in [0.2, 0.25) is 0 Å². The number of hydrogen-bond donors (Lipinski definition) is 0. The van der Waals surface area contributed by atoms with Crippen molar-refractivity contribution < 1.29 is 4.74 Å². The Morgan fingerprint density at radius 3 is 2.46 bits per heavy atom. The second-order valence-corrected chi connectivity index (χ2v) is 6.55. The third-order valence-corrected chi connectivity index (χ3v) is 4.48. The number of aromatic nitrogens is 1. The summed E-state index contributed by atoms with van der Waals surface area (Å²) >= 11 is 3.56. The highest BCUT2D eigenvalue weighted by Crippen LogP contribution is 2.26. The molecule has 0 spiro atoms. The minimum absolute atomic E-state index is 0.856. The first kappa shape index (κ1) is 16.5. The normalized spacial score (nSPS) is 11.2. The zero-order valence-corrected chi connectivity index (χ0v) is 15.5. The zero-order chi connectivity index (χ0) is 17.1. The van der Waals surface area contributed by atoms with Crippen LogP contribution in [0.4, 0.5) is 5.69 Å². The van der Waals surface area contributed by atoms with Gasteiger partial charge in [-0.3, -0.25) is 4.99 Å². The number of halogens is 1. The lowest BCUT2D eigenvalue weighted by Gasteiger charge is -2.06. The first-order chi connectivity index (χ1) is 11.6. The van der Waals surface area contributed by atoms with Crippen molar-refractivity contribution in [3.63, 3.8) is 0 Å². The lowest BCUT2D eigenvalue weighted by atomic mass is 10.2. The van der Waals surface area contributed by atoms with Gasteiger partial charge in [0.1, 0.15) is 5.75 Å². The smallest absolute Gasteiger partial charge is 0.119 e. The maximum atomic E-state index is 5.21. The van der Waals surface area contributed by atoms with Crippen molar-refractivity contribution in [3.05, 3.63) is 76.0 Å². The molecular weight excluding hydrogens is 364 g/mol. The van der Waals surface area contributed by atoms with E-state index in [0.29, 0.717) is 0 Å². The molecule has 122 valence electrons. The zero-order valence-electron chi connectivity index (χ0n) is 14.0. The number of aryl methyl sites for hydroxylation is 2. The maximum Gasteiger partial charge on any atom is 0.119 e. The summed E-state index contributed by atoms with van der Waals surface area (Å²) in [6.45, 7) is 4.15. The average Bonchev–Trinajstić information content (AvgIpc) is 2.95. The van der Waals surface area contributed by atoms with E-state index in [9.17, 15) is 0 Å². The first-order valence-corrected chi connectivity index (χ1v) is 8.50. The standard InChI is InChI=1S/C20H19BrN2O/c1-14-4-9-20(19(21)10-14)22-12-16-11-15(2)23(13-16)17-5-7-18(24-3)8-6-17/h4-13H,1-3H3. The van der Waals surface area contributed by atoms with Gasteiger partial charge in [-0.05, 0) is 77.8 Å². The van der Waals surface area contributed by atoms with E-state index in [4.69, 9.17) is 4.74 Å². The summed E-state index contributed by atoms with van der Waals surface area (Å²) in [5.41, 5.74) is 5.46. The average molecular weight is 383 g/mol. The van der Waals surface area contributed by atoms with Gasteiger partial charge in [-0.2, -0.15) is 0 Å². The van der Waals surface area contributed by atoms with Crippen LogP contribution in [-0.2, 0) is 0 Å². The molecule has 0 aliphatic rings. The Morgan fingerprint density at radius 2 is 1.79 bits per heavy atom. The molecule has 0 saturated carbocycles. The number of benzene rings is 2. The minimum atomic E-state index is 0.856. The molecule has 0 atom stereocenters. The Bertz CT molecular complexity index is 879. The van der Waals surface area contributed by atoms with Crippen LogP contribution in [0, 0.1) is 13.8 Å². The van der Waals surface area contributed by atoms with Crippen molar-refractivity contribution in [3.8, 4) is 11.4 Å². The van der Waals surface area contributed by atoms with Crippen molar-refractivity contribution in [1.29, 1.82) is 0 Å². The van der Waals surface area contributed by atoms with Crippen LogP contribution in [0.2, 0.25) is 0 Å². The fraction of sp³-hybridized carbons (Fsp3) is 0.150. The van der Waals surface area contributed by atoms with E-state index < -0.39 is 0 Å². The summed E-state index contributed by atoms with van der Waals surface area (Å²) < 4.78 is 8.36. The molecule has 4 heteroatoms. The van der Waals surface area contributed by atoms with Crippen LogP contribution in [0.3, 0.4) is 0 Å². The molecule has 0 amide bonds. The highest BCUT2D eigenvalue weighted by molar-refractivity contribution is 9.10. The molecule has 1 heterocycles. The van der Waals surface area contributed by atoms with Gasteiger partial charge in [0, 0.05) is 33.8 Å². The lowest BCUT2D eigenvalue weighted by molar-refractivity contribution is 0.414. The largest absolute Gasteiger partial charge is 0.497 e. The van der Waals surface area contributed by atoms with E-state index in [2.05, 4.69) is 63.7 Å². The number of methoxy groups -OCH3 is 1. The topological polar surface area (TPSA) is 26.5 Å². The van der Waals surface area contributed by atoms with Crippen LogP contribution in [0.5, 0.6) is 5.75 Å². The van der Waals surface area contributed by atoms with E-state index in [1.54, 1.807) is 7.11 Å².